The Balaban J connectivity index is 2.02. The minimum absolute atomic E-state index is 0.139. The highest BCUT2D eigenvalue weighted by Gasteiger charge is 2.23. The summed E-state index contributed by atoms with van der Waals surface area (Å²) in [5.41, 5.74) is -0.298. The fourth-order valence-corrected chi connectivity index (χ4v) is 1.79. The lowest BCUT2D eigenvalue weighted by atomic mass is 10.1. The number of nitrogens with zero attached hydrogens (tertiary/aromatic N) is 1. The molecule has 1 aliphatic rings. The first-order valence-corrected chi connectivity index (χ1v) is 5.54. The summed E-state index contributed by atoms with van der Waals surface area (Å²) in [6.07, 6.45) is 5.12. The molecule has 1 unspecified atom stereocenters. The van der Waals surface area contributed by atoms with Crippen LogP contribution in [0.4, 0.5) is 5.82 Å². The van der Waals surface area contributed by atoms with E-state index in [2.05, 4.69) is 22.2 Å². The van der Waals surface area contributed by atoms with Crippen molar-refractivity contribution < 1.29 is 0 Å². The van der Waals surface area contributed by atoms with Gasteiger partial charge in [-0.05, 0) is 19.3 Å². The molecule has 2 N–H and O–H groups in total. The van der Waals surface area contributed by atoms with E-state index in [4.69, 9.17) is 11.6 Å². The van der Waals surface area contributed by atoms with E-state index < -0.39 is 0 Å². The van der Waals surface area contributed by atoms with Crippen molar-refractivity contribution >= 4 is 17.4 Å². The average molecular weight is 228 g/mol. The molecule has 4 nitrogen and oxygen atoms in total. The summed E-state index contributed by atoms with van der Waals surface area (Å²) in [4.78, 5) is 17.6. The lowest BCUT2D eigenvalue weighted by Crippen LogP contribution is -2.19. The molecule has 1 fully saturated rings. The number of H-pyrrole nitrogens is 1. The van der Waals surface area contributed by atoms with Crippen LogP contribution in [0.5, 0.6) is 0 Å². The molecule has 2 rings (SSSR count). The molecule has 15 heavy (non-hydrogen) atoms. The number of anilines is 1. The van der Waals surface area contributed by atoms with Gasteiger partial charge in [0.05, 0.1) is 6.33 Å². The van der Waals surface area contributed by atoms with E-state index in [9.17, 15) is 4.79 Å². The second-order valence-corrected chi connectivity index (χ2v) is 4.50. The van der Waals surface area contributed by atoms with Crippen molar-refractivity contribution in [3.63, 3.8) is 0 Å². The van der Waals surface area contributed by atoms with Gasteiger partial charge in [0.25, 0.3) is 5.56 Å². The van der Waals surface area contributed by atoms with Crippen LogP contribution >= 0.6 is 11.6 Å². The summed E-state index contributed by atoms with van der Waals surface area (Å²) in [6.45, 7) is 2.08. The van der Waals surface area contributed by atoms with Gasteiger partial charge in [-0.3, -0.25) is 4.79 Å². The normalized spacial score (nSPS) is 17.5. The molecule has 0 bridgehead atoms. The van der Waals surface area contributed by atoms with E-state index in [0.29, 0.717) is 11.9 Å². The highest BCUT2D eigenvalue weighted by Crippen LogP contribution is 2.34. The third-order valence-corrected chi connectivity index (χ3v) is 2.91. The zero-order valence-electron chi connectivity index (χ0n) is 8.59. The summed E-state index contributed by atoms with van der Waals surface area (Å²) in [6, 6.07) is 0.310. The van der Waals surface area contributed by atoms with Crippen LogP contribution in [-0.2, 0) is 0 Å². The first-order chi connectivity index (χ1) is 7.16. The molecule has 0 aromatic carbocycles. The number of nitrogens with one attached hydrogen (secondary N) is 2. The second-order valence-electron chi connectivity index (χ2n) is 4.12. The minimum atomic E-state index is -0.298. The van der Waals surface area contributed by atoms with Crippen molar-refractivity contribution in [1.29, 1.82) is 0 Å². The van der Waals surface area contributed by atoms with Gasteiger partial charge in [-0.25, -0.2) is 4.98 Å². The average Bonchev–Trinajstić information content (AvgIpc) is 2.97. The van der Waals surface area contributed by atoms with E-state index in [-0.39, 0.29) is 10.6 Å². The van der Waals surface area contributed by atoms with E-state index in [1.807, 2.05) is 0 Å². The van der Waals surface area contributed by atoms with E-state index in [1.54, 1.807) is 0 Å². The van der Waals surface area contributed by atoms with Crippen LogP contribution in [0.2, 0.25) is 5.02 Å². The third kappa shape index (κ3) is 2.72. The van der Waals surface area contributed by atoms with Crippen molar-refractivity contribution in [3.05, 3.63) is 21.7 Å². The molecule has 1 aliphatic carbocycles. The SMILES string of the molecule is CC(CC1CC1)Nc1nc[nH]c(=O)c1Cl. The van der Waals surface area contributed by atoms with Crippen molar-refractivity contribution in [3.8, 4) is 0 Å². The summed E-state index contributed by atoms with van der Waals surface area (Å²) in [7, 11) is 0. The first-order valence-electron chi connectivity index (χ1n) is 5.16. The Morgan fingerprint density at radius 1 is 1.73 bits per heavy atom. The van der Waals surface area contributed by atoms with Gasteiger partial charge in [0.1, 0.15) is 5.02 Å². The Bertz CT molecular complexity index is 400. The first kappa shape index (κ1) is 10.5. The smallest absolute Gasteiger partial charge is 0.271 e. The van der Waals surface area contributed by atoms with Gasteiger partial charge in [0.15, 0.2) is 5.82 Å². The Morgan fingerprint density at radius 3 is 3.13 bits per heavy atom. The van der Waals surface area contributed by atoms with Gasteiger partial charge in [-0.1, -0.05) is 24.4 Å². The molecule has 5 heteroatoms. The number of aromatic amines is 1. The van der Waals surface area contributed by atoms with E-state index in [0.717, 1.165) is 12.3 Å². The van der Waals surface area contributed by atoms with Crippen molar-refractivity contribution in [1.82, 2.24) is 9.97 Å². The van der Waals surface area contributed by atoms with Crippen molar-refractivity contribution in [2.24, 2.45) is 5.92 Å². The Kier molecular flexibility index (Phi) is 2.95. The standard InChI is InChI=1S/C10H14ClN3O/c1-6(4-7-2-3-7)14-9-8(11)10(15)13-5-12-9/h5-7H,2-4H2,1H3,(H2,12,13,14,15). The highest BCUT2D eigenvalue weighted by molar-refractivity contribution is 6.32. The molecule has 1 aromatic heterocycles. The minimum Gasteiger partial charge on any atom is -0.366 e. The Labute approximate surface area is 93.1 Å². The van der Waals surface area contributed by atoms with Crippen LogP contribution in [0.1, 0.15) is 26.2 Å². The summed E-state index contributed by atoms with van der Waals surface area (Å²) < 4.78 is 0. The summed E-state index contributed by atoms with van der Waals surface area (Å²) in [5, 5.41) is 3.30. The van der Waals surface area contributed by atoms with Gasteiger partial charge >= 0.3 is 0 Å². The fourth-order valence-electron chi connectivity index (χ4n) is 1.63. The zero-order chi connectivity index (χ0) is 10.8. The van der Waals surface area contributed by atoms with Crippen LogP contribution in [0.3, 0.4) is 0 Å². The molecule has 1 aromatic rings. The molecule has 0 radical (unpaired) electrons. The van der Waals surface area contributed by atoms with E-state index in [1.165, 1.54) is 19.2 Å². The van der Waals surface area contributed by atoms with Gasteiger partial charge in [-0.2, -0.15) is 0 Å². The molecule has 1 atom stereocenters. The Hall–Kier alpha value is -1.03. The topological polar surface area (TPSA) is 57.8 Å². The van der Waals surface area contributed by atoms with Crippen molar-refractivity contribution in [2.45, 2.75) is 32.2 Å². The van der Waals surface area contributed by atoms with Gasteiger partial charge < -0.3 is 10.3 Å². The number of hydrogen-bond donors (Lipinski definition) is 2. The van der Waals surface area contributed by atoms with Gasteiger partial charge in [0.2, 0.25) is 0 Å². The van der Waals surface area contributed by atoms with Crippen molar-refractivity contribution in [2.75, 3.05) is 5.32 Å². The number of aromatic nitrogens is 2. The van der Waals surface area contributed by atoms with Crippen LogP contribution in [0.25, 0.3) is 0 Å². The second kappa shape index (κ2) is 4.23. The molecule has 0 aliphatic heterocycles. The largest absolute Gasteiger partial charge is 0.366 e. The molecule has 0 spiro atoms. The molecule has 0 amide bonds. The van der Waals surface area contributed by atoms with Crippen LogP contribution in [0, 0.1) is 5.92 Å². The van der Waals surface area contributed by atoms with Crippen LogP contribution < -0.4 is 10.9 Å². The third-order valence-electron chi connectivity index (χ3n) is 2.56. The molecule has 0 saturated heterocycles. The quantitative estimate of drug-likeness (QED) is 0.828. The zero-order valence-corrected chi connectivity index (χ0v) is 9.34. The number of hydrogen-bond acceptors (Lipinski definition) is 3. The number of rotatable bonds is 4. The predicted molar refractivity (Wildman–Crippen MR) is 60.3 cm³/mol. The summed E-state index contributed by atoms with van der Waals surface area (Å²) >= 11 is 5.82. The van der Waals surface area contributed by atoms with E-state index >= 15 is 0 Å². The summed E-state index contributed by atoms with van der Waals surface area (Å²) in [5.74, 6) is 1.32. The maximum Gasteiger partial charge on any atom is 0.271 e. The van der Waals surface area contributed by atoms with Crippen LogP contribution in [-0.4, -0.2) is 16.0 Å². The molecular weight excluding hydrogens is 214 g/mol. The lowest BCUT2D eigenvalue weighted by molar-refractivity contribution is 0.640. The molecule has 82 valence electrons. The maximum atomic E-state index is 11.2. The fraction of sp³-hybridized carbons (Fsp3) is 0.600. The van der Waals surface area contributed by atoms with Crippen LogP contribution in [0.15, 0.2) is 11.1 Å². The Morgan fingerprint density at radius 2 is 2.47 bits per heavy atom. The van der Waals surface area contributed by atoms with Gasteiger partial charge in [0, 0.05) is 6.04 Å². The molecular formula is C10H14ClN3O. The van der Waals surface area contributed by atoms with Gasteiger partial charge in [-0.15, -0.1) is 0 Å². The molecule has 1 saturated carbocycles. The monoisotopic (exact) mass is 227 g/mol. The maximum absolute atomic E-state index is 11.2. The lowest BCUT2D eigenvalue weighted by Gasteiger charge is -2.14. The molecule has 1 heterocycles. The highest BCUT2D eigenvalue weighted by atomic mass is 35.5. The number of halogens is 1. The predicted octanol–water partition coefficient (Wildman–Crippen LogP) is 2.02.